The molecular weight excluding hydrogens is 330 g/mol. The van der Waals surface area contributed by atoms with Gasteiger partial charge in [0.2, 0.25) is 0 Å². The van der Waals surface area contributed by atoms with Crippen molar-refractivity contribution in [2.45, 2.75) is 6.04 Å². The summed E-state index contributed by atoms with van der Waals surface area (Å²) in [6.45, 7) is 3.95. The molecule has 0 saturated carbocycles. The molecule has 0 radical (unpaired) electrons. The Morgan fingerprint density at radius 2 is 1.65 bits per heavy atom. The molecule has 0 saturated heterocycles. The Balaban J connectivity index is 2.11. The molecule has 5 nitrogen and oxygen atoms in total. The Hall–Kier alpha value is -3.34. The standard InChI is InChI=1S/C21H19NO4/c1-14(20(23)25-2)19(16-8-10-17(11-9-16)21(24)26-3)22-13-12-15-6-4-5-7-18(15)22/h4-13,19H,1H2,2-3H3. The molecule has 132 valence electrons. The summed E-state index contributed by atoms with van der Waals surface area (Å²) in [5.74, 6) is -0.892. The van der Waals surface area contributed by atoms with Gasteiger partial charge < -0.3 is 14.0 Å². The van der Waals surface area contributed by atoms with Crippen LogP contribution in [0.4, 0.5) is 0 Å². The monoisotopic (exact) mass is 349 g/mol. The van der Waals surface area contributed by atoms with Gasteiger partial charge in [0.1, 0.15) is 0 Å². The van der Waals surface area contributed by atoms with E-state index in [2.05, 4.69) is 6.58 Å². The smallest absolute Gasteiger partial charge is 0.337 e. The van der Waals surface area contributed by atoms with Crippen LogP contribution in [-0.4, -0.2) is 30.7 Å². The number of aromatic nitrogens is 1. The molecule has 0 N–H and O–H groups in total. The zero-order chi connectivity index (χ0) is 18.7. The minimum absolute atomic E-state index is 0.305. The molecule has 0 bridgehead atoms. The van der Waals surface area contributed by atoms with Gasteiger partial charge in [-0.3, -0.25) is 0 Å². The third kappa shape index (κ3) is 3.11. The number of fused-ring (bicyclic) bond motifs is 1. The molecule has 2 aromatic carbocycles. The third-order valence-corrected chi connectivity index (χ3v) is 4.33. The topological polar surface area (TPSA) is 57.5 Å². The summed E-state index contributed by atoms with van der Waals surface area (Å²) < 4.78 is 11.6. The van der Waals surface area contributed by atoms with E-state index in [0.717, 1.165) is 16.5 Å². The van der Waals surface area contributed by atoms with Gasteiger partial charge in [-0.05, 0) is 35.2 Å². The molecule has 1 atom stereocenters. The first-order valence-corrected chi connectivity index (χ1v) is 8.07. The van der Waals surface area contributed by atoms with Crippen LogP contribution in [0.15, 0.2) is 72.9 Å². The van der Waals surface area contributed by atoms with E-state index in [4.69, 9.17) is 9.47 Å². The van der Waals surface area contributed by atoms with Crippen LogP contribution in [0.5, 0.6) is 0 Å². The maximum Gasteiger partial charge on any atom is 0.337 e. The fourth-order valence-corrected chi connectivity index (χ4v) is 3.02. The second kappa shape index (κ2) is 7.27. The molecule has 0 aliphatic rings. The predicted molar refractivity (Wildman–Crippen MR) is 99.0 cm³/mol. The second-order valence-electron chi connectivity index (χ2n) is 5.81. The van der Waals surface area contributed by atoms with Crippen LogP contribution < -0.4 is 0 Å². The number of carbonyl (C=O) groups is 2. The number of para-hydroxylation sites is 1. The lowest BCUT2D eigenvalue weighted by atomic mass is 9.98. The molecule has 0 fully saturated rings. The summed E-state index contributed by atoms with van der Waals surface area (Å²) in [5, 5.41) is 1.06. The van der Waals surface area contributed by atoms with Crippen molar-refractivity contribution in [3.05, 3.63) is 84.1 Å². The third-order valence-electron chi connectivity index (χ3n) is 4.33. The molecule has 0 aliphatic carbocycles. The fourth-order valence-electron chi connectivity index (χ4n) is 3.02. The van der Waals surface area contributed by atoms with E-state index in [1.807, 2.05) is 41.1 Å². The number of hydrogen-bond donors (Lipinski definition) is 0. The van der Waals surface area contributed by atoms with Crippen molar-refractivity contribution in [2.24, 2.45) is 0 Å². The normalized spacial score (nSPS) is 11.8. The number of hydrogen-bond acceptors (Lipinski definition) is 4. The molecule has 3 rings (SSSR count). The minimum atomic E-state index is -0.482. The number of carbonyl (C=O) groups excluding carboxylic acids is 2. The Morgan fingerprint density at radius 1 is 0.962 bits per heavy atom. The summed E-state index contributed by atoms with van der Waals surface area (Å²) in [6.07, 6.45) is 1.91. The van der Waals surface area contributed by atoms with Crippen molar-refractivity contribution in [3.63, 3.8) is 0 Å². The lowest BCUT2D eigenvalue weighted by molar-refractivity contribution is -0.136. The maximum absolute atomic E-state index is 12.2. The van der Waals surface area contributed by atoms with Crippen LogP contribution in [0.2, 0.25) is 0 Å². The molecular formula is C21H19NO4. The number of benzene rings is 2. The van der Waals surface area contributed by atoms with E-state index >= 15 is 0 Å². The van der Waals surface area contributed by atoms with Gasteiger partial charge in [0, 0.05) is 11.7 Å². The first-order valence-electron chi connectivity index (χ1n) is 8.07. The zero-order valence-electron chi connectivity index (χ0n) is 14.6. The summed E-state index contributed by atoms with van der Waals surface area (Å²) in [6, 6.07) is 16.3. The number of methoxy groups -OCH3 is 2. The summed E-state index contributed by atoms with van der Waals surface area (Å²) in [7, 11) is 2.67. The van der Waals surface area contributed by atoms with E-state index in [1.165, 1.54) is 14.2 Å². The van der Waals surface area contributed by atoms with Crippen molar-refractivity contribution >= 4 is 22.8 Å². The van der Waals surface area contributed by atoms with Crippen molar-refractivity contribution in [3.8, 4) is 0 Å². The lowest BCUT2D eigenvalue weighted by Crippen LogP contribution is -2.19. The lowest BCUT2D eigenvalue weighted by Gasteiger charge is -2.22. The van der Waals surface area contributed by atoms with E-state index in [1.54, 1.807) is 24.3 Å². The van der Waals surface area contributed by atoms with Gasteiger partial charge in [-0.1, -0.05) is 36.9 Å². The first kappa shape index (κ1) is 17.5. The van der Waals surface area contributed by atoms with E-state index in [9.17, 15) is 9.59 Å². The van der Waals surface area contributed by atoms with Crippen LogP contribution in [0, 0.1) is 0 Å². The quantitative estimate of drug-likeness (QED) is 0.520. The van der Waals surface area contributed by atoms with Gasteiger partial charge in [0.15, 0.2) is 0 Å². The molecule has 26 heavy (non-hydrogen) atoms. The number of nitrogens with zero attached hydrogens (tertiary/aromatic N) is 1. The second-order valence-corrected chi connectivity index (χ2v) is 5.81. The number of ether oxygens (including phenoxy) is 2. The minimum Gasteiger partial charge on any atom is -0.466 e. The van der Waals surface area contributed by atoms with E-state index < -0.39 is 18.0 Å². The Morgan fingerprint density at radius 3 is 2.31 bits per heavy atom. The molecule has 0 aliphatic heterocycles. The molecule has 1 aromatic heterocycles. The van der Waals surface area contributed by atoms with Crippen molar-refractivity contribution < 1.29 is 19.1 Å². The van der Waals surface area contributed by atoms with Crippen LogP contribution in [0.25, 0.3) is 10.9 Å². The molecule has 0 amide bonds. The maximum atomic E-state index is 12.2. The van der Waals surface area contributed by atoms with Gasteiger partial charge >= 0.3 is 11.9 Å². The van der Waals surface area contributed by atoms with Gasteiger partial charge in [0.25, 0.3) is 0 Å². The molecule has 0 spiro atoms. The van der Waals surface area contributed by atoms with E-state index in [0.29, 0.717) is 11.1 Å². The van der Waals surface area contributed by atoms with Crippen LogP contribution in [0.3, 0.4) is 0 Å². The average Bonchev–Trinajstić information content (AvgIpc) is 3.11. The van der Waals surface area contributed by atoms with Crippen molar-refractivity contribution in [2.75, 3.05) is 14.2 Å². The summed E-state index contributed by atoms with van der Waals surface area (Å²) >= 11 is 0. The fraction of sp³-hybridized carbons (Fsp3) is 0.143. The highest BCUT2D eigenvalue weighted by Gasteiger charge is 2.24. The van der Waals surface area contributed by atoms with Crippen molar-refractivity contribution in [1.82, 2.24) is 4.57 Å². The van der Waals surface area contributed by atoms with Gasteiger partial charge in [-0.25, -0.2) is 9.59 Å². The summed E-state index contributed by atoms with van der Waals surface area (Å²) in [4.78, 5) is 23.8. The summed E-state index contributed by atoms with van der Waals surface area (Å²) in [5.41, 5.74) is 2.53. The molecule has 1 unspecified atom stereocenters. The predicted octanol–water partition coefficient (Wildman–Crippen LogP) is 3.75. The molecule has 1 heterocycles. The number of rotatable bonds is 5. The van der Waals surface area contributed by atoms with Gasteiger partial charge in [0.05, 0.1) is 31.4 Å². The SMILES string of the molecule is C=C(C(=O)OC)C(c1ccc(C(=O)OC)cc1)n1ccc2ccccc21. The number of esters is 2. The Labute approximate surface area is 151 Å². The first-order chi connectivity index (χ1) is 12.6. The zero-order valence-corrected chi connectivity index (χ0v) is 14.6. The Bertz CT molecular complexity index is 969. The average molecular weight is 349 g/mol. The van der Waals surface area contributed by atoms with Crippen LogP contribution in [-0.2, 0) is 14.3 Å². The van der Waals surface area contributed by atoms with Crippen molar-refractivity contribution in [1.29, 1.82) is 0 Å². The highest BCUT2D eigenvalue weighted by Crippen LogP contribution is 2.31. The molecule has 3 aromatic rings. The highest BCUT2D eigenvalue weighted by molar-refractivity contribution is 5.91. The van der Waals surface area contributed by atoms with E-state index in [-0.39, 0.29) is 0 Å². The molecule has 5 heteroatoms. The Kier molecular flexibility index (Phi) is 4.89. The largest absolute Gasteiger partial charge is 0.466 e. The highest BCUT2D eigenvalue weighted by atomic mass is 16.5. The van der Waals surface area contributed by atoms with Crippen LogP contribution >= 0.6 is 0 Å². The van der Waals surface area contributed by atoms with Crippen LogP contribution in [0.1, 0.15) is 22.0 Å². The van der Waals surface area contributed by atoms with Gasteiger partial charge in [-0.2, -0.15) is 0 Å². The van der Waals surface area contributed by atoms with Gasteiger partial charge in [-0.15, -0.1) is 0 Å².